The number of aromatic nitrogens is 4. The SMILES string of the molecule is Nc1nc(CC2CCN(C(=O)OC3CCC(=O)N3)CC2)nc2c1ncn2CO[C@H](C(=O)NC1CC1)C(O)CO. The Labute approximate surface area is 224 Å². The number of imidazole rings is 1. The molecule has 15 nitrogen and oxygen atoms in total. The van der Waals surface area contributed by atoms with Crippen LogP contribution in [0.15, 0.2) is 6.33 Å². The van der Waals surface area contributed by atoms with Crippen molar-refractivity contribution in [2.75, 3.05) is 25.4 Å². The Kier molecular flexibility index (Phi) is 8.09. The summed E-state index contributed by atoms with van der Waals surface area (Å²) in [4.78, 5) is 51.2. The number of rotatable bonds is 10. The van der Waals surface area contributed by atoms with E-state index in [-0.39, 0.29) is 30.4 Å². The number of nitrogens with one attached hydrogen (secondary N) is 2. The van der Waals surface area contributed by atoms with Crippen LogP contribution < -0.4 is 16.4 Å². The van der Waals surface area contributed by atoms with Crippen LogP contribution in [-0.2, 0) is 32.2 Å². The highest BCUT2D eigenvalue weighted by Gasteiger charge is 2.33. The molecule has 4 heterocycles. The maximum Gasteiger partial charge on any atom is 0.411 e. The van der Waals surface area contributed by atoms with Gasteiger partial charge in [-0.15, -0.1) is 0 Å². The van der Waals surface area contributed by atoms with Crippen LogP contribution >= 0.6 is 0 Å². The lowest BCUT2D eigenvalue weighted by molar-refractivity contribution is -0.147. The summed E-state index contributed by atoms with van der Waals surface area (Å²) in [6, 6.07) is 0.0751. The van der Waals surface area contributed by atoms with Crippen LogP contribution in [0.2, 0.25) is 0 Å². The molecule has 212 valence electrons. The molecule has 1 aliphatic carbocycles. The van der Waals surface area contributed by atoms with Gasteiger partial charge in [-0.3, -0.25) is 14.2 Å². The van der Waals surface area contributed by atoms with E-state index in [4.69, 9.17) is 15.2 Å². The van der Waals surface area contributed by atoms with Crippen molar-refractivity contribution in [3.63, 3.8) is 0 Å². The van der Waals surface area contributed by atoms with Crippen LogP contribution in [0.1, 0.15) is 44.3 Å². The maximum absolute atomic E-state index is 12.5. The molecule has 6 N–H and O–H groups in total. The maximum atomic E-state index is 12.5. The number of nitrogen functional groups attached to an aromatic ring is 1. The van der Waals surface area contributed by atoms with Crippen molar-refractivity contribution >= 4 is 34.9 Å². The number of carbonyl (C=O) groups is 3. The predicted octanol–water partition coefficient (Wildman–Crippen LogP) is -0.990. The molecule has 39 heavy (non-hydrogen) atoms. The van der Waals surface area contributed by atoms with Crippen LogP contribution in [0, 0.1) is 5.92 Å². The van der Waals surface area contributed by atoms with E-state index < -0.39 is 37.0 Å². The summed E-state index contributed by atoms with van der Waals surface area (Å²) in [6.07, 6.45) is 2.45. The Morgan fingerprint density at radius 1 is 1.21 bits per heavy atom. The third-order valence-corrected chi connectivity index (χ3v) is 7.19. The van der Waals surface area contributed by atoms with Gasteiger partial charge in [-0.25, -0.2) is 19.7 Å². The zero-order valence-corrected chi connectivity index (χ0v) is 21.5. The number of aliphatic hydroxyl groups is 2. The molecule has 0 aromatic carbocycles. The average Bonchev–Trinajstić information content (AvgIpc) is 3.49. The van der Waals surface area contributed by atoms with Gasteiger partial charge in [0.15, 0.2) is 23.8 Å². The molecule has 3 amide bonds. The van der Waals surface area contributed by atoms with Crippen molar-refractivity contribution in [3.8, 4) is 0 Å². The second-order valence-electron chi connectivity index (χ2n) is 10.3. The molecule has 3 aliphatic rings. The lowest BCUT2D eigenvalue weighted by Gasteiger charge is -2.31. The zero-order valence-electron chi connectivity index (χ0n) is 21.5. The number of nitrogens with two attached hydrogens (primary N) is 1. The van der Waals surface area contributed by atoms with E-state index in [1.807, 2.05) is 0 Å². The highest BCUT2D eigenvalue weighted by atomic mass is 16.6. The summed E-state index contributed by atoms with van der Waals surface area (Å²) >= 11 is 0. The van der Waals surface area contributed by atoms with Gasteiger partial charge in [0.1, 0.15) is 24.2 Å². The fourth-order valence-corrected chi connectivity index (χ4v) is 4.78. The van der Waals surface area contributed by atoms with Crippen LogP contribution in [0.3, 0.4) is 0 Å². The van der Waals surface area contributed by atoms with Crippen LogP contribution in [-0.4, -0.2) is 96.7 Å². The van der Waals surface area contributed by atoms with Crippen molar-refractivity contribution in [1.29, 1.82) is 0 Å². The molecule has 2 aromatic rings. The second kappa shape index (κ2) is 11.7. The third kappa shape index (κ3) is 6.54. The number of hydrogen-bond donors (Lipinski definition) is 5. The molecule has 2 aromatic heterocycles. The molecule has 2 aliphatic heterocycles. The smallest absolute Gasteiger partial charge is 0.411 e. The number of nitrogens with zero attached hydrogens (tertiary/aromatic N) is 5. The molecule has 0 bridgehead atoms. The third-order valence-electron chi connectivity index (χ3n) is 7.19. The van der Waals surface area contributed by atoms with Crippen molar-refractivity contribution in [3.05, 3.63) is 12.2 Å². The van der Waals surface area contributed by atoms with Gasteiger partial charge in [0.2, 0.25) is 5.91 Å². The van der Waals surface area contributed by atoms with Gasteiger partial charge in [-0.05, 0) is 31.6 Å². The van der Waals surface area contributed by atoms with E-state index >= 15 is 0 Å². The van der Waals surface area contributed by atoms with Crippen molar-refractivity contribution in [2.45, 2.75) is 76.2 Å². The van der Waals surface area contributed by atoms with E-state index in [2.05, 4.69) is 25.6 Å². The molecule has 3 fully saturated rings. The largest absolute Gasteiger partial charge is 0.425 e. The molecule has 2 unspecified atom stereocenters. The van der Waals surface area contributed by atoms with E-state index in [9.17, 15) is 24.6 Å². The van der Waals surface area contributed by atoms with E-state index in [1.54, 1.807) is 9.47 Å². The molecule has 0 spiro atoms. The molecule has 5 rings (SSSR count). The summed E-state index contributed by atoms with van der Waals surface area (Å²) in [5.74, 6) is 0.361. The Morgan fingerprint density at radius 2 is 1.97 bits per heavy atom. The van der Waals surface area contributed by atoms with Gasteiger partial charge < -0.3 is 41.0 Å². The van der Waals surface area contributed by atoms with Crippen molar-refractivity contribution in [1.82, 2.24) is 35.1 Å². The number of anilines is 1. The first kappa shape index (κ1) is 27.0. The lowest BCUT2D eigenvalue weighted by atomic mass is 9.93. The molecule has 0 radical (unpaired) electrons. The van der Waals surface area contributed by atoms with Crippen LogP contribution in [0.5, 0.6) is 0 Å². The van der Waals surface area contributed by atoms with Crippen LogP contribution in [0.25, 0.3) is 11.2 Å². The minimum absolute atomic E-state index is 0.0751. The summed E-state index contributed by atoms with van der Waals surface area (Å²) in [6.45, 7) is 0.269. The molecular weight excluding hydrogens is 512 g/mol. The highest BCUT2D eigenvalue weighted by molar-refractivity contribution is 5.82. The van der Waals surface area contributed by atoms with E-state index in [1.165, 1.54) is 6.33 Å². The van der Waals surface area contributed by atoms with Crippen LogP contribution in [0.4, 0.5) is 10.6 Å². The summed E-state index contributed by atoms with van der Waals surface area (Å²) < 4.78 is 12.6. The fraction of sp³-hybridized carbons (Fsp3) is 0.667. The second-order valence-corrected chi connectivity index (χ2v) is 10.3. The number of carbonyl (C=O) groups excluding carboxylic acids is 3. The number of fused-ring (bicyclic) bond motifs is 1. The standard InChI is InChI=1S/C24H34N8O7/c25-21-19-22(32(11-26-19)12-38-20(15(34)10-33)23(36)27-14-1-2-14)29-16(28-21)9-13-5-7-31(8-6-13)24(37)39-18-4-3-17(35)30-18/h11,13-15,18,20,33-34H,1-10,12H2,(H,27,36)(H,30,35)(H2,25,28,29)/t15?,18?,20-/m0/s1. The van der Waals surface area contributed by atoms with Gasteiger partial charge in [-0.2, -0.15) is 0 Å². The summed E-state index contributed by atoms with van der Waals surface area (Å²) in [5, 5.41) is 24.9. The Bertz CT molecular complexity index is 1210. The summed E-state index contributed by atoms with van der Waals surface area (Å²) in [5.41, 5.74) is 6.97. The number of ether oxygens (including phenoxy) is 2. The highest BCUT2D eigenvalue weighted by Crippen LogP contribution is 2.24. The van der Waals surface area contributed by atoms with Gasteiger partial charge in [0.05, 0.1) is 12.9 Å². The Balaban J connectivity index is 1.18. The van der Waals surface area contributed by atoms with E-state index in [0.29, 0.717) is 49.3 Å². The fourth-order valence-electron chi connectivity index (χ4n) is 4.78. The first-order valence-electron chi connectivity index (χ1n) is 13.2. The first-order valence-corrected chi connectivity index (χ1v) is 13.2. The predicted molar refractivity (Wildman–Crippen MR) is 135 cm³/mol. The van der Waals surface area contributed by atoms with Gasteiger partial charge in [-0.1, -0.05) is 0 Å². The van der Waals surface area contributed by atoms with Crippen molar-refractivity contribution in [2.24, 2.45) is 5.92 Å². The topological polar surface area (TPSA) is 207 Å². The molecule has 15 heteroatoms. The quantitative estimate of drug-likeness (QED) is 0.244. The zero-order chi connectivity index (χ0) is 27.5. The summed E-state index contributed by atoms with van der Waals surface area (Å²) in [7, 11) is 0. The number of piperidine rings is 1. The number of amides is 3. The minimum atomic E-state index is -1.38. The number of aliphatic hydroxyl groups excluding tert-OH is 2. The number of hydrogen-bond acceptors (Lipinski definition) is 11. The molecular formula is C24H34N8O7. The lowest BCUT2D eigenvalue weighted by Crippen LogP contribution is -2.46. The first-order chi connectivity index (χ1) is 18.8. The minimum Gasteiger partial charge on any atom is -0.425 e. The van der Waals surface area contributed by atoms with Gasteiger partial charge in [0.25, 0.3) is 5.91 Å². The average molecular weight is 547 g/mol. The van der Waals surface area contributed by atoms with Gasteiger partial charge in [0, 0.05) is 38.4 Å². The Hall–Kier alpha value is -3.56. The molecule has 1 saturated carbocycles. The number of likely N-dealkylation sites (tertiary alicyclic amines) is 1. The molecule has 2 saturated heterocycles. The normalized spacial score (nSPS) is 21.5. The van der Waals surface area contributed by atoms with Gasteiger partial charge >= 0.3 is 6.09 Å². The monoisotopic (exact) mass is 546 g/mol. The van der Waals surface area contributed by atoms with E-state index in [0.717, 1.165) is 25.7 Å². The van der Waals surface area contributed by atoms with Crippen molar-refractivity contribution < 1.29 is 34.1 Å². The molecule has 3 atom stereocenters. The Morgan fingerprint density at radius 3 is 2.64 bits per heavy atom.